The van der Waals surface area contributed by atoms with Gasteiger partial charge in [0.05, 0.1) is 19.3 Å². The van der Waals surface area contributed by atoms with Gasteiger partial charge in [0.15, 0.2) is 0 Å². The zero-order chi connectivity index (χ0) is 17.8. The maximum atomic E-state index is 6.48. The molecule has 0 aliphatic carbocycles. The van der Waals surface area contributed by atoms with E-state index in [1.807, 2.05) is 17.4 Å². The lowest BCUT2D eigenvalue weighted by Gasteiger charge is -2.31. The summed E-state index contributed by atoms with van der Waals surface area (Å²) in [6.07, 6.45) is 5.74. The molecule has 0 bridgehead atoms. The highest BCUT2D eigenvalue weighted by Crippen LogP contribution is 2.33. The summed E-state index contributed by atoms with van der Waals surface area (Å²) in [6.45, 7) is 7.23. The highest BCUT2D eigenvalue weighted by molar-refractivity contribution is 7.11. The zero-order valence-corrected chi connectivity index (χ0v) is 16.0. The molecule has 2 saturated heterocycles. The van der Waals surface area contributed by atoms with Crippen molar-refractivity contribution in [3.63, 3.8) is 0 Å². The van der Waals surface area contributed by atoms with E-state index in [0.717, 1.165) is 45.6 Å². The van der Waals surface area contributed by atoms with E-state index >= 15 is 0 Å². The van der Waals surface area contributed by atoms with E-state index in [9.17, 15) is 0 Å². The maximum Gasteiger partial charge on any atom is 0.222 e. The first-order valence-corrected chi connectivity index (χ1v) is 10.1. The minimum absolute atomic E-state index is 0.173. The van der Waals surface area contributed by atoms with Gasteiger partial charge in [0, 0.05) is 48.3 Å². The van der Waals surface area contributed by atoms with Crippen molar-refractivity contribution in [2.45, 2.75) is 38.0 Å². The molecule has 0 saturated carbocycles. The fourth-order valence-corrected chi connectivity index (χ4v) is 4.70. The van der Waals surface area contributed by atoms with Crippen molar-refractivity contribution in [3.05, 3.63) is 40.3 Å². The molecule has 26 heavy (non-hydrogen) atoms. The van der Waals surface area contributed by atoms with Gasteiger partial charge >= 0.3 is 0 Å². The van der Waals surface area contributed by atoms with Crippen LogP contribution in [0.1, 0.15) is 22.6 Å². The lowest BCUT2D eigenvalue weighted by atomic mass is 10.00. The van der Waals surface area contributed by atoms with Gasteiger partial charge in [0.2, 0.25) is 5.95 Å². The Labute approximate surface area is 158 Å². The molecule has 2 aromatic heterocycles. The summed E-state index contributed by atoms with van der Waals surface area (Å²) in [6, 6.07) is 6.25. The van der Waals surface area contributed by atoms with Crippen LogP contribution in [0.4, 0.5) is 5.95 Å². The summed E-state index contributed by atoms with van der Waals surface area (Å²) in [4.78, 5) is 13.7. The Morgan fingerprint density at radius 2 is 2.23 bits per heavy atom. The third-order valence-corrected chi connectivity index (χ3v) is 5.98. The van der Waals surface area contributed by atoms with Crippen LogP contribution in [0, 0.1) is 6.92 Å². The van der Waals surface area contributed by atoms with Crippen LogP contribution in [0.3, 0.4) is 0 Å². The van der Waals surface area contributed by atoms with Gasteiger partial charge in [-0.2, -0.15) is 0 Å². The van der Waals surface area contributed by atoms with E-state index < -0.39 is 0 Å². The molecule has 0 aromatic carbocycles. The summed E-state index contributed by atoms with van der Waals surface area (Å²) < 4.78 is 12.4. The van der Waals surface area contributed by atoms with E-state index in [0.29, 0.717) is 12.6 Å². The minimum atomic E-state index is -0.188. The number of thiophene rings is 1. The largest absolute Gasteiger partial charge is 0.377 e. The van der Waals surface area contributed by atoms with Gasteiger partial charge in [-0.1, -0.05) is 0 Å². The molecule has 2 atom stereocenters. The van der Waals surface area contributed by atoms with Crippen LogP contribution in [-0.4, -0.2) is 59.4 Å². The van der Waals surface area contributed by atoms with Gasteiger partial charge in [-0.15, -0.1) is 11.3 Å². The summed E-state index contributed by atoms with van der Waals surface area (Å²) in [5, 5.41) is 3.28. The summed E-state index contributed by atoms with van der Waals surface area (Å²) in [5.41, 5.74) is -0.188. The Hall–Kier alpha value is -1.54. The number of anilines is 1. The third-order valence-electron chi connectivity index (χ3n) is 5.00. The Bertz CT molecular complexity index is 711. The van der Waals surface area contributed by atoms with Crippen LogP contribution in [0.15, 0.2) is 30.6 Å². The van der Waals surface area contributed by atoms with Crippen molar-refractivity contribution < 1.29 is 9.47 Å². The fourth-order valence-electron chi connectivity index (χ4n) is 3.77. The molecule has 2 aliphatic rings. The second kappa shape index (κ2) is 8.00. The minimum Gasteiger partial charge on any atom is -0.377 e. The molecule has 0 radical (unpaired) electrons. The number of hydrogen-bond acceptors (Lipinski definition) is 7. The molecular formula is C19H26N4O2S. The average Bonchev–Trinajstić information content (AvgIpc) is 3.18. The first-order chi connectivity index (χ1) is 12.7. The van der Waals surface area contributed by atoms with Crippen molar-refractivity contribution in [3.8, 4) is 0 Å². The van der Waals surface area contributed by atoms with E-state index in [-0.39, 0.29) is 11.7 Å². The summed E-state index contributed by atoms with van der Waals surface area (Å²) >= 11 is 1.88. The van der Waals surface area contributed by atoms with E-state index in [4.69, 9.17) is 9.47 Å². The van der Waals surface area contributed by atoms with E-state index in [2.05, 4.69) is 39.2 Å². The number of ether oxygens (including phenoxy) is 2. The highest BCUT2D eigenvalue weighted by atomic mass is 32.1. The number of aryl methyl sites for hydroxylation is 1. The molecule has 1 N–H and O–H groups in total. The van der Waals surface area contributed by atoms with Crippen LogP contribution in [-0.2, 0) is 16.0 Å². The summed E-state index contributed by atoms with van der Waals surface area (Å²) in [5.74, 6) is 0.656. The Morgan fingerprint density at radius 1 is 1.35 bits per heavy atom. The van der Waals surface area contributed by atoms with Gasteiger partial charge < -0.3 is 14.8 Å². The Morgan fingerprint density at radius 3 is 3.04 bits per heavy atom. The normalized spacial score (nSPS) is 26.9. The first-order valence-electron chi connectivity index (χ1n) is 9.25. The second-order valence-corrected chi connectivity index (χ2v) is 8.56. The van der Waals surface area contributed by atoms with Gasteiger partial charge in [-0.25, -0.2) is 9.97 Å². The van der Waals surface area contributed by atoms with Gasteiger partial charge in [0.1, 0.15) is 5.60 Å². The number of hydrogen-bond donors (Lipinski definition) is 1. The van der Waals surface area contributed by atoms with Gasteiger partial charge in [-0.05, 0) is 38.0 Å². The molecule has 2 aromatic rings. The molecule has 0 unspecified atom stereocenters. The quantitative estimate of drug-likeness (QED) is 0.868. The van der Waals surface area contributed by atoms with E-state index in [1.165, 1.54) is 9.75 Å². The number of aromatic nitrogens is 2. The Kier molecular flexibility index (Phi) is 5.49. The molecule has 4 heterocycles. The molecule has 2 aliphatic heterocycles. The van der Waals surface area contributed by atoms with Gasteiger partial charge in [0.25, 0.3) is 0 Å². The van der Waals surface area contributed by atoms with E-state index in [1.54, 1.807) is 12.4 Å². The summed E-state index contributed by atoms with van der Waals surface area (Å²) in [7, 11) is 0. The lowest BCUT2D eigenvalue weighted by molar-refractivity contribution is -0.0826. The van der Waals surface area contributed by atoms with Crippen LogP contribution in [0.25, 0.3) is 0 Å². The van der Waals surface area contributed by atoms with Crippen molar-refractivity contribution >= 4 is 17.3 Å². The Balaban J connectivity index is 1.34. The first kappa shape index (κ1) is 17.9. The maximum absolute atomic E-state index is 6.48. The number of rotatable bonds is 5. The topological polar surface area (TPSA) is 59.5 Å². The molecule has 2 fully saturated rings. The monoisotopic (exact) mass is 374 g/mol. The van der Waals surface area contributed by atoms with Crippen molar-refractivity contribution in [2.75, 3.05) is 38.2 Å². The molecule has 0 amide bonds. The van der Waals surface area contributed by atoms with Crippen LogP contribution >= 0.6 is 11.3 Å². The van der Waals surface area contributed by atoms with Crippen molar-refractivity contribution in [1.82, 2.24) is 14.9 Å². The van der Waals surface area contributed by atoms with Crippen LogP contribution < -0.4 is 5.32 Å². The smallest absolute Gasteiger partial charge is 0.222 e. The molecule has 1 spiro atoms. The number of nitrogens with zero attached hydrogens (tertiary/aromatic N) is 3. The van der Waals surface area contributed by atoms with Crippen LogP contribution in [0.5, 0.6) is 0 Å². The molecule has 7 heteroatoms. The zero-order valence-electron chi connectivity index (χ0n) is 15.2. The molecule has 140 valence electrons. The predicted octanol–water partition coefficient (Wildman–Crippen LogP) is 2.71. The van der Waals surface area contributed by atoms with Crippen LogP contribution in [0.2, 0.25) is 0 Å². The highest BCUT2D eigenvalue weighted by Gasteiger charge is 2.43. The average molecular weight is 375 g/mol. The molecule has 4 rings (SSSR count). The second-order valence-electron chi connectivity index (χ2n) is 7.19. The molecule has 6 nitrogen and oxygen atoms in total. The molecular weight excluding hydrogens is 348 g/mol. The standard InChI is InChI=1S/C19H26N4O2S/c1-15-3-4-17(26-15)12-23-9-10-24-14-19(13-23)6-5-16(25-19)11-22-18-20-7-2-8-21-18/h2-4,7-8,16H,5-6,9-14H2,1H3,(H,20,21,22)/t16-,19+/m1/s1. The fraction of sp³-hybridized carbons (Fsp3) is 0.579. The third kappa shape index (κ3) is 4.40. The SMILES string of the molecule is Cc1ccc(CN2CCOC[C@]3(CC[C@H](CNc4ncccn4)O3)C2)s1. The number of nitrogens with one attached hydrogen (secondary N) is 1. The van der Waals surface area contributed by atoms with Crippen molar-refractivity contribution in [2.24, 2.45) is 0 Å². The predicted molar refractivity (Wildman–Crippen MR) is 103 cm³/mol. The van der Waals surface area contributed by atoms with Crippen molar-refractivity contribution in [1.29, 1.82) is 0 Å². The van der Waals surface area contributed by atoms with Gasteiger partial charge in [-0.3, -0.25) is 4.90 Å². The lowest BCUT2D eigenvalue weighted by Crippen LogP contribution is -2.44.